The van der Waals surface area contributed by atoms with E-state index in [1.165, 1.54) is 10.5 Å². The first kappa shape index (κ1) is 14.8. The van der Waals surface area contributed by atoms with Crippen LogP contribution in [0.2, 0.25) is 0 Å². The first-order chi connectivity index (χ1) is 6.69. The van der Waals surface area contributed by atoms with E-state index in [4.69, 9.17) is 5.73 Å². The third-order valence-electron chi connectivity index (χ3n) is 2.76. The summed E-state index contributed by atoms with van der Waals surface area (Å²) in [6, 6.07) is 8.74. The van der Waals surface area contributed by atoms with Crippen molar-refractivity contribution in [3.05, 3.63) is 29.8 Å². The van der Waals surface area contributed by atoms with Crippen LogP contribution in [0.3, 0.4) is 0 Å². The lowest BCUT2D eigenvalue weighted by Crippen LogP contribution is -2.18. The Bertz CT molecular complexity index is 273. The summed E-state index contributed by atoms with van der Waals surface area (Å²) in [5.74, 6) is 0.551. The van der Waals surface area contributed by atoms with Gasteiger partial charge in [-0.2, -0.15) is 0 Å². The fraction of sp³-hybridized carbons (Fsp3) is 0.500. The molecular formula is C12H20ClNS. The Hall–Kier alpha value is -0.180. The molecule has 0 aliphatic heterocycles. The van der Waals surface area contributed by atoms with Gasteiger partial charge in [0.25, 0.3) is 0 Å². The second kappa shape index (κ2) is 7.15. The number of hydrogen-bond acceptors (Lipinski definition) is 2. The van der Waals surface area contributed by atoms with E-state index in [0.29, 0.717) is 5.92 Å². The number of thioether (sulfide) groups is 1. The van der Waals surface area contributed by atoms with Crippen molar-refractivity contribution >= 4 is 24.2 Å². The molecule has 3 heteroatoms. The highest BCUT2D eigenvalue weighted by Gasteiger charge is 2.12. The van der Waals surface area contributed by atoms with Gasteiger partial charge >= 0.3 is 0 Å². The first-order valence-electron chi connectivity index (χ1n) is 5.08. The van der Waals surface area contributed by atoms with Crippen molar-refractivity contribution in [2.24, 2.45) is 11.7 Å². The molecule has 0 saturated heterocycles. The maximum Gasteiger partial charge on any atom is 0.0320 e. The molecule has 2 N–H and O–H groups in total. The lowest BCUT2D eigenvalue weighted by molar-refractivity contribution is 0.456. The molecule has 2 atom stereocenters. The summed E-state index contributed by atoms with van der Waals surface area (Å²) in [5.41, 5.74) is 7.38. The minimum Gasteiger partial charge on any atom is -0.324 e. The molecule has 1 aromatic carbocycles. The van der Waals surface area contributed by atoms with Crippen molar-refractivity contribution in [3.63, 3.8) is 0 Å². The van der Waals surface area contributed by atoms with Gasteiger partial charge in [-0.15, -0.1) is 24.2 Å². The molecule has 0 spiro atoms. The first-order valence-corrected chi connectivity index (χ1v) is 6.31. The van der Waals surface area contributed by atoms with Crippen LogP contribution < -0.4 is 5.73 Å². The van der Waals surface area contributed by atoms with Crippen LogP contribution in [0.15, 0.2) is 29.2 Å². The van der Waals surface area contributed by atoms with Gasteiger partial charge in [-0.05, 0) is 29.9 Å². The molecule has 0 saturated carbocycles. The summed E-state index contributed by atoms with van der Waals surface area (Å²) in [5, 5.41) is 0. The zero-order valence-electron chi connectivity index (χ0n) is 9.57. The van der Waals surface area contributed by atoms with Gasteiger partial charge in [0.15, 0.2) is 0 Å². The van der Waals surface area contributed by atoms with Crippen LogP contribution in [0.5, 0.6) is 0 Å². The van der Waals surface area contributed by atoms with E-state index in [1.54, 1.807) is 11.8 Å². The van der Waals surface area contributed by atoms with Crippen molar-refractivity contribution in [2.45, 2.75) is 31.2 Å². The van der Waals surface area contributed by atoms with Crippen molar-refractivity contribution in [1.29, 1.82) is 0 Å². The number of rotatable bonds is 4. The SMILES string of the molecule is CCC(C)[C@H](N)c1ccc(SC)cc1.Cl. The summed E-state index contributed by atoms with van der Waals surface area (Å²) in [6.45, 7) is 4.38. The van der Waals surface area contributed by atoms with Crippen LogP contribution in [0, 0.1) is 5.92 Å². The van der Waals surface area contributed by atoms with Gasteiger partial charge in [0.2, 0.25) is 0 Å². The van der Waals surface area contributed by atoms with Gasteiger partial charge in [-0.3, -0.25) is 0 Å². The van der Waals surface area contributed by atoms with Gasteiger partial charge < -0.3 is 5.73 Å². The summed E-state index contributed by atoms with van der Waals surface area (Å²) in [4.78, 5) is 1.30. The predicted molar refractivity (Wildman–Crippen MR) is 71.9 cm³/mol. The highest BCUT2D eigenvalue weighted by Crippen LogP contribution is 2.23. The smallest absolute Gasteiger partial charge is 0.0320 e. The topological polar surface area (TPSA) is 26.0 Å². The van der Waals surface area contributed by atoms with Gasteiger partial charge in [0.05, 0.1) is 0 Å². The summed E-state index contributed by atoms with van der Waals surface area (Å²) >= 11 is 1.76. The van der Waals surface area contributed by atoms with E-state index in [0.717, 1.165) is 6.42 Å². The van der Waals surface area contributed by atoms with E-state index in [9.17, 15) is 0 Å². The molecule has 0 fully saturated rings. The Balaban J connectivity index is 0.00000196. The Kier molecular flexibility index (Phi) is 7.07. The fourth-order valence-electron chi connectivity index (χ4n) is 1.41. The standard InChI is InChI=1S/C12H19NS.ClH/c1-4-9(2)12(13)10-5-7-11(14-3)8-6-10;/h5-9,12H,4,13H2,1-3H3;1H/t9?,12-;/m0./s1. The molecule has 15 heavy (non-hydrogen) atoms. The van der Waals surface area contributed by atoms with E-state index >= 15 is 0 Å². The normalized spacial score (nSPS) is 14.1. The molecule has 1 unspecified atom stereocenters. The molecule has 0 amide bonds. The van der Waals surface area contributed by atoms with Crippen LogP contribution in [-0.2, 0) is 0 Å². The van der Waals surface area contributed by atoms with E-state index in [-0.39, 0.29) is 18.4 Å². The van der Waals surface area contributed by atoms with Crippen molar-refractivity contribution in [2.75, 3.05) is 6.26 Å². The molecule has 0 radical (unpaired) electrons. The van der Waals surface area contributed by atoms with E-state index < -0.39 is 0 Å². The fourth-order valence-corrected chi connectivity index (χ4v) is 1.82. The predicted octanol–water partition coefficient (Wildman–Crippen LogP) is 3.88. The van der Waals surface area contributed by atoms with Crippen molar-refractivity contribution in [3.8, 4) is 0 Å². The highest BCUT2D eigenvalue weighted by atomic mass is 35.5. The van der Waals surface area contributed by atoms with Crippen molar-refractivity contribution < 1.29 is 0 Å². The lowest BCUT2D eigenvalue weighted by Gasteiger charge is -2.18. The van der Waals surface area contributed by atoms with Crippen LogP contribution in [-0.4, -0.2) is 6.26 Å². The summed E-state index contributed by atoms with van der Waals surface area (Å²) in [7, 11) is 0. The van der Waals surface area contributed by atoms with Crippen LogP contribution >= 0.6 is 24.2 Å². The number of halogens is 1. The maximum absolute atomic E-state index is 6.13. The quantitative estimate of drug-likeness (QED) is 0.815. The number of hydrogen-bond donors (Lipinski definition) is 1. The Morgan fingerprint density at radius 3 is 2.20 bits per heavy atom. The molecular weight excluding hydrogens is 226 g/mol. The second-order valence-electron chi connectivity index (χ2n) is 3.68. The minimum absolute atomic E-state index is 0. The molecule has 1 aromatic rings. The Morgan fingerprint density at radius 2 is 1.80 bits per heavy atom. The van der Waals surface area contributed by atoms with E-state index in [1.807, 2.05) is 0 Å². The molecule has 86 valence electrons. The Labute approximate surface area is 103 Å². The largest absolute Gasteiger partial charge is 0.324 e. The zero-order valence-corrected chi connectivity index (χ0v) is 11.2. The monoisotopic (exact) mass is 245 g/mol. The molecule has 0 heterocycles. The molecule has 0 bridgehead atoms. The third kappa shape index (κ3) is 4.06. The van der Waals surface area contributed by atoms with Crippen molar-refractivity contribution in [1.82, 2.24) is 0 Å². The van der Waals surface area contributed by atoms with Gasteiger partial charge in [-0.1, -0.05) is 32.4 Å². The molecule has 1 nitrogen and oxygen atoms in total. The van der Waals surface area contributed by atoms with Crippen LogP contribution in [0.25, 0.3) is 0 Å². The van der Waals surface area contributed by atoms with Gasteiger partial charge in [-0.25, -0.2) is 0 Å². The average molecular weight is 246 g/mol. The Morgan fingerprint density at radius 1 is 1.27 bits per heavy atom. The van der Waals surface area contributed by atoms with Gasteiger partial charge in [0, 0.05) is 10.9 Å². The molecule has 1 rings (SSSR count). The number of nitrogens with two attached hydrogens (primary N) is 1. The molecule has 0 aromatic heterocycles. The van der Waals surface area contributed by atoms with E-state index in [2.05, 4.69) is 44.4 Å². The highest BCUT2D eigenvalue weighted by molar-refractivity contribution is 7.98. The number of benzene rings is 1. The third-order valence-corrected chi connectivity index (χ3v) is 3.50. The molecule has 0 aliphatic carbocycles. The van der Waals surface area contributed by atoms with Gasteiger partial charge in [0.1, 0.15) is 0 Å². The zero-order chi connectivity index (χ0) is 10.6. The van der Waals surface area contributed by atoms with Crippen LogP contribution in [0.4, 0.5) is 0 Å². The minimum atomic E-state index is 0. The second-order valence-corrected chi connectivity index (χ2v) is 4.56. The summed E-state index contributed by atoms with van der Waals surface area (Å²) < 4.78 is 0. The maximum atomic E-state index is 6.13. The molecule has 0 aliphatic rings. The van der Waals surface area contributed by atoms with Crippen LogP contribution in [0.1, 0.15) is 31.9 Å². The summed E-state index contributed by atoms with van der Waals surface area (Å²) in [6.07, 6.45) is 3.22. The lowest BCUT2D eigenvalue weighted by atomic mass is 9.93. The average Bonchev–Trinajstić information content (AvgIpc) is 2.27.